The summed E-state index contributed by atoms with van der Waals surface area (Å²) in [6.07, 6.45) is 0. The van der Waals surface area contributed by atoms with E-state index in [1.165, 1.54) is 0 Å². The molecular weight excluding hydrogens is 369 g/mol. The number of rotatable bonds is 7. The van der Waals surface area contributed by atoms with Crippen molar-refractivity contribution < 1.29 is 45.1 Å². The van der Waals surface area contributed by atoms with E-state index in [2.05, 4.69) is 52.4 Å². The minimum Gasteiger partial charge on any atom is -0.440 e. The smallest absolute Gasteiger partial charge is 0.341 e. The van der Waals surface area contributed by atoms with Crippen molar-refractivity contribution in [2.75, 3.05) is 0 Å². The van der Waals surface area contributed by atoms with Crippen molar-refractivity contribution in [3.63, 3.8) is 0 Å². The number of hydrogen-bond acceptors (Lipinski definition) is 3. The van der Waals surface area contributed by atoms with Crippen molar-refractivity contribution in [2.24, 2.45) is 0 Å². The van der Waals surface area contributed by atoms with Crippen LogP contribution in [0.5, 0.6) is 0 Å². The summed E-state index contributed by atoms with van der Waals surface area (Å²) in [7, 11) is -6.39. The van der Waals surface area contributed by atoms with Crippen LogP contribution >= 0.6 is 0 Å². The van der Waals surface area contributed by atoms with Gasteiger partial charge in [0.1, 0.15) is 0 Å². The summed E-state index contributed by atoms with van der Waals surface area (Å²) in [4.78, 5) is 0. The van der Waals surface area contributed by atoms with Gasteiger partial charge in [-0.3, -0.25) is 0 Å². The van der Waals surface area contributed by atoms with Gasteiger partial charge in [0.2, 0.25) is 0 Å². The van der Waals surface area contributed by atoms with Crippen molar-refractivity contribution >= 4 is 35.2 Å². The predicted octanol–water partition coefficient (Wildman–Crippen LogP) is 3.14. The van der Waals surface area contributed by atoms with Crippen LogP contribution in [0.1, 0.15) is 7.43 Å². The molecule has 0 rings (SSSR count). The van der Waals surface area contributed by atoms with Gasteiger partial charge in [-0.05, 0) is 45.8 Å². The van der Waals surface area contributed by atoms with Crippen molar-refractivity contribution in [3.8, 4) is 0 Å². The Morgan fingerprint density at radius 3 is 1.61 bits per heavy atom. The Morgan fingerprint density at radius 2 is 1.33 bits per heavy atom. The van der Waals surface area contributed by atoms with Crippen LogP contribution in [0.25, 0.3) is 0 Å². The maximum atomic E-state index is 6.18. The maximum absolute atomic E-state index is 6.18. The molecule has 0 N–H and O–H groups in total. The molecule has 1 unspecified atom stereocenters. The van der Waals surface area contributed by atoms with Crippen LogP contribution in [-0.2, 0) is 45.1 Å². The second-order valence-corrected chi connectivity index (χ2v) is 17.2. The molecule has 0 aromatic carbocycles. The fraction of sp³-hybridized carbons (Fsp3) is 0.800. The largest absolute Gasteiger partial charge is 0.440 e. The molecule has 0 aliphatic carbocycles. The van der Waals surface area contributed by atoms with Gasteiger partial charge in [0.05, 0.1) is 0 Å². The molecule has 0 aromatic rings. The van der Waals surface area contributed by atoms with E-state index >= 15 is 0 Å². The molecule has 8 heteroatoms. The fourth-order valence-corrected chi connectivity index (χ4v) is 15.8. The maximum Gasteiger partial charge on any atom is 0.341 e. The topological polar surface area (TPSA) is 27.7 Å². The molecule has 1 radical (unpaired) electrons. The van der Waals surface area contributed by atoms with E-state index in [1.54, 1.807) is 0 Å². The Hall–Kier alpha value is 1.59. The van der Waals surface area contributed by atoms with E-state index < -0.39 is 35.2 Å². The van der Waals surface area contributed by atoms with E-state index in [9.17, 15) is 0 Å². The molecule has 0 spiro atoms. The zero-order chi connectivity index (χ0) is 13.0. The molecule has 0 saturated heterocycles. The molecule has 0 aliphatic heterocycles. The molecule has 18 heavy (non-hydrogen) atoms. The van der Waals surface area contributed by atoms with Crippen LogP contribution < -0.4 is 0 Å². The molecule has 0 heterocycles. The van der Waals surface area contributed by atoms with Gasteiger partial charge in [-0.15, -0.1) is 6.58 Å². The summed E-state index contributed by atoms with van der Waals surface area (Å²) in [5, 5.41) is 0. The van der Waals surface area contributed by atoms with E-state index in [4.69, 9.17) is 12.3 Å². The van der Waals surface area contributed by atoms with Crippen LogP contribution in [-0.4, -0.2) is 35.2 Å². The van der Waals surface area contributed by atoms with Gasteiger partial charge in [-0.2, -0.15) is 0 Å². The third-order valence-electron chi connectivity index (χ3n) is 1.81. The first-order valence-electron chi connectivity index (χ1n) is 5.79. The SMILES string of the molecule is C.C=C[Si](C)(O[SiH](C)C)O[Si](C)(C)O[SiH](C)C.[Y]. The minimum atomic E-state index is -2.20. The molecule has 0 bridgehead atoms. The Morgan fingerprint density at radius 1 is 0.944 bits per heavy atom. The van der Waals surface area contributed by atoms with Gasteiger partial charge in [0, 0.05) is 32.7 Å². The molecule has 0 saturated carbocycles. The van der Waals surface area contributed by atoms with Gasteiger partial charge in [0.15, 0.2) is 18.1 Å². The zero-order valence-electron chi connectivity index (χ0n) is 12.2. The molecule has 0 fully saturated rings. The van der Waals surface area contributed by atoms with E-state index in [0.717, 1.165) is 0 Å². The quantitative estimate of drug-likeness (QED) is 0.616. The molecule has 1 atom stereocenters. The predicted molar refractivity (Wildman–Crippen MR) is 87.0 cm³/mol. The third-order valence-corrected chi connectivity index (χ3v) is 14.1. The minimum absolute atomic E-state index is 0. The summed E-state index contributed by atoms with van der Waals surface area (Å²) < 4.78 is 18.2. The van der Waals surface area contributed by atoms with E-state index in [-0.39, 0.29) is 40.1 Å². The molecule has 0 aliphatic rings. The van der Waals surface area contributed by atoms with Gasteiger partial charge < -0.3 is 12.3 Å². The molecule has 0 aromatic heterocycles. The van der Waals surface area contributed by atoms with Gasteiger partial charge in [0.25, 0.3) is 0 Å². The average Bonchev–Trinajstić information content (AvgIpc) is 1.98. The Balaban J connectivity index is -0.00000112. The normalized spacial score (nSPS) is 14.7. The van der Waals surface area contributed by atoms with Crippen LogP contribution in [0, 0.1) is 0 Å². The van der Waals surface area contributed by atoms with Crippen molar-refractivity contribution in [3.05, 3.63) is 12.3 Å². The van der Waals surface area contributed by atoms with E-state index in [1.807, 2.05) is 5.70 Å². The van der Waals surface area contributed by atoms with Gasteiger partial charge >= 0.3 is 17.1 Å². The Kier molecular flexibility index (Phi) is 14.1. The first-order chi connectivity index (χ1) is 7.10. The third kappa shape index (κ3) is 11.4. The fourth-order valence-electron chi connectivity index (χ4n) is 1.66. The van der Waals surface area contributed by atoms with Crippen molar-refractivity contribution in [1.29, 1.82) is 0 Å². The second kappa shape index (κ2) is 10.3. The molecule has 107 valence electrons. The summed E-state index contributed by atoms with van der Waals surface area (Å²) in [6.45, 7) is 18.8. The van der Waals surface area contributed by atoms with Crippen LogP contribution in [0.15, 0.2) is 12.3 Å². The van der Waals surface area contributed by atoms with Crippen molar-refractivity contribution in [2.45, 2.75) is 53.3 Å². The summed E-state index contributed by atoms with van der Waals surface area (Å²) in [5.41, 5.74) is 1.87. The Bertz CT molecular complexity index is 239. The molecule has 3 nitrogen and oxygen atoms in total. The summed E-state index contributed by atoms with van der Waals surface area (Å²) in [5.74, 6) is 0. The van der Waals surface area contributed by atoms with Crippen molar-refractivity contribution in [1.82, 2.24) is 0 Å². The van der Waals surface area contributed by atoms with Gasteiger partial charge in [-0.25, -0.2) is 0 Å². The first kappa shape index (κ1) is 24.6. The van der Waals surface area contributed by atoms with Crippen LogP contribution in [0.4, 0.5) is 0 Å². The van der Waals surface area contributed by atoms with Gasteiger partial charge in [-0.1, -0.05) is 13.1 Å². The first-order valence-corrected chi connectivity index (χ1v) is 16.6. The van der Waals surface area contributed by atoms with Crippen LogP contribution in [0.3, 0.4) is 0 Å². The standard InChI is InChI=1S/C9H26O3Si4.CH4.Y/c1-9-16(8,11-14(4)5)12-15(6,7)10-13(2)3;;/h9,13-14H,1H2,2-8H3;1H4;. The Labute approximate surface area is 145 Å². The second-order valence-electron chi connectivity index (χ2n) is 5.06. The summed E-state index contributed by atoms with van der Waals surface area (Å²) in [6, 6.07) is 0. The summed E-state index contributed by atoms with van der Waals surface area (Å²) >= 11 is 0. The zero-order valence-corrected chi connectivity index (χ0v) is 19.4. The monoisotopic (exact) mass is 399 g/mol. The molecule has 0 amide bonds. The average molecular weight is 400 g/mol. The van der Waals surface area contributed by atoms with E-state index in [0.29, 0.717) is 0 Å². The molecular formula is C10H30O3Si4Y. The number of hydrogen-bond donors (Lipinski definition) is 0. The van der Waals surface area contributed by atoms with Crippen LogP contribution in [0.2, 0.25) is 45.8 Å².